The van der Waals surface area contributed by atoms with Gasteiger partial charge in [0.1, 0.15) is 5.75 Å². The van der Waals surface area contributed by atoms with E-state index < -0.39 is 0 Å². The molecule has 0 aromatic heterocycles. The highest BCUT2D eigenvalue weighted by atomic mass is 16.5. The Balaban J connectivity index is 1.87. The highest BCUT2D eigenvalue weighted by Crippen LogP contribution is 2.11. The van der Waals surface area contributed by atoms with Gasteiger partial charge in [0.15, 0.2) is 0 Å². The van der Waals surface area contributed by atoms with E-state index in [0.29, 0.717) is 12.1 Å². The Morgan fingerprint density at radius 1 is 1.04 bits per heavy atom. The molecule has 0 atom stereocenters. The first-order valence-corrected chi connectivity index (χ1v) is 7.90. The lowest BCUT2D eigenvalue weighted by atomic mass is 10.1. The van der Waals surface area contributed by atoms with Crippen molar-refractivity contribution in [2.75, 3.05) is 21.2 Å². The molecular weight excluding hydrogens is 316 g/mol. The Bertz CT molecular complexity index is 748. The second-order valence-corrected chi connectivity index (χ2v) is 5.72. The van der Waals surface area contributed by atoms with Crippen molar-refractivity contribution in [2.45, 2.75) is 6.54 Å². The van der Waals surface area contributed by atoms with E-state index in [1.165, 1.54) is 11.0 Å². The lowest BCUT2D eigenvalue weighted by molar-refractivity contribution is -0.116. The van der Waals surface area contributed by atoms with E-state index in [9.17, 15) is 9.59 Å². The van der Waals surface area contributed by atoms with Crippen LogP contribution in [0.5, 0.6) is 5.75 Å². The number of ether oxygens (including phenoxy) is 1. The Morgan fingerprint density at radius 3 is 2.24 bits per heavy atom. The van der Waals surface area contributed by atoms with Crippen LogP contribution in [-0.4, -0.2) is 37.9 Å². The predicted octanol–water partition coefficient (Wildman–Crippen LogP) is 2.73. The van der Waals surface area contributed by atoms with Crippen LogP contribution in [0.3, 0.4) is 0 Å². The Kier molecular flexibility index (Phi) is 6.34. The van der Waals surface area contributed by atoms with Gasteiger partial charge in [-0.2, -0.15) is 0 Å². The molecule has 2 rings (SSSR count). The Labute approximate surface area is 147 Å². The Morgan fingerprint density at radius 2 is 1.68 bits per heavy atom. The molecule has 0 saturated carbocycles. The van der Waals surface area contributed by atoms with Gasteiger partial charge in [0.05, 0.1) is 7.11 Å². The minimum atomic E-state index is -0.177. The normalized spacial score (nSPS) is 10.5. The molecule has 2 aromatic rings. The molecule has 5 nitrogen and oxygen atoms in total. The summed E-state index contributed by atoms with van der Waals surface area (Å²) in [7, 11) is 5.04. The number of methoxy groups -OCH3 is 1. The maximum absolute atomic E-state index is 11.9. The van der Waals surface area contributed by atoms with Crippen molar-refractivity contribution < 1.29 is 14.3 Å². The molecule has 0 spiro atoms. The van der Waals surface area contributed by atoms with Crippen LogP contribution in [0.1, 0.15) is 21.5 Å². The molecule has 0 unspecified atom stereocenters. The van der Waals surface area contributed by atoms with Crippen LogP contribution in [0.15, 0.2) is 54.6 Å². The van der Waals surface area contributed by atoms with Gasteiger partial charge in [0.25, 0.3) is 5.91 Å². The number of carbonyl (C=O) groups excluding carboxylic acids is 2. The van der Waals surface area contributed by atoms with Crippen LogP contribution >= 0.6 is 0 Å². The quantitative estimate of drug-likeness (QED) is 0.824. The first-order chi connectivity index (χ1) is 12.0. The molecule has 0 aliphatic heterocycles. The summed E-state index contributed by atoms with van der Waals surface area (Å²) in [5.41, 5.74) is 2.47. The molecule has 0 aliphatic rings. The van der Waals surface area contributed by atoms with Crippen LogP contribution in [0.4, 0.5) is 0 Å². The van der Waals surface area contributed by atoms with E-state index in [0.717, 1.165) is 16.9 Å². The third-order valence-electron chi connectivity index (χ3n) is 3.62. The van der Waals surface area contributed by atoms with Crippen molar-refractivity contribution in [1.29, 1.82) is 0 Å². The van der Waals surface area contributed by atoms with Crippen LogP contribution in [0.25, 0.3) is 6.08 Å². The zero-order valence-corrected chi connectivity index (χ0v) is 14.7. The molecule has 0 fully saturated rings. The zero-order chi connectivity index (χ0) is 18.2. The number of hydrogen-bond acceptors (Lipinski definition) is 3. The highest BCUT2D eigenvalue weighted by molar-refractivity contribution is 5.94. The molecule has 0 aliphatic carbocycles. The van der Waals surface area contributed by atoms with Crippen molar-refractivity contribution in [1.82, 2.24) is 10.2 Å². The van der Waals surface area contributed by atoms with Gasteiger partial charge in [-0.15, -0.1) is 0 Å². The van der Waals surface area contributed by atoms with Crippen molar-refractivity contribution in [2.24, 2.45) is 0 Å². The smallest absolute Gasteiger partial charge is 0.253 e. The van der Waals surface area contributed by atoms with E-state index >= 15 is 0 Å². The Hall–Kier alpha value is -3.08. The average Bonchev–Trinajstić information content (AvgIpc) is 2.64. The molecular formula is C20H22N2O3. The molecule has 0 radical (unpaired) electrons. The maximum atomic E-state index is 11.9. The minimum Gasteiger partial charge on any atom is -0.497 e. The maximum Gasteiger partial charge on any atom is 0.253 e. The number of nitrogens with one attached hydrogen (secondary N) is 1. The van der Waals surface area contributed by atoms with Gasteiger partial charge in [-0.3, -0.25) is 9.59 Å². The molecule has 25 heavy (non-hydrogen) atoms. The molecule has 0 heterocycles. The van der Waals surface area contributed by atoms with Gasteiger partial charge >= 0.3 is 0 Å². The number of benzene rings is 2. The summed E-state index contributed by atoms with van der Waals surface area (Å²) in [6, 6.07) is 14.6. The summed E-state index contributed by atoms with van der Waals surface area (Å²) in [6.07, 6.45) is 3.19. The molecule has 2 aromatic carbocycles. The minimum absolute atomic E-state index is 0.0484. The van der Waals surface area contributed by atoms with Gasteiger partial charge in [0, 0.05) is 32.3 Å². The van der Waals surface area contributed by atoms with Gasteiger partial charge in [0.2, 0.25) is 5.91 Å². The molecule has 130 valence electrons. The topological polar surface area (TPSA) is 58.6 Å². The highest BCUT2D eigenvalue weighted by Gasteiger charge is 2.06. The van der Waals surface area contributed by atoms with E-state index in [4.69, 9.17) is 4.74 Å². The van der Waals surface area contributed by atoms with Crippen molar-refractivity contribution in [3.63, 3.8) is 0 Å². The number of hydrogen-bond donors (Lipinski definition) is 1. The predicted molar refractivity (Wildman–Crippen MR) is 98.3 cm³/mol. The van der Waals surface area contributed by atoms with E-state index in [2.05, 4.69) is 5.32 Å². The number of amides is 2. The molecule has 2 amide bonds. The lowest BCUT2D eigenvalue weighted by Crippen LogP contribution is -2.21. The first kappa shape index (κ1) is 18.3. The second-order valence-electron chi connectivity index (χ2n) is 5.72. The number of rotatable bonds is 6. The van der Waals surface area contributed by atoms with Crippen LogP contribution in [0.2, 0.25) is 0 Å². The summed E-state index contributed by atoms with van der Waals surface area (Å²) >= 11 is 0. The molecule has 0 bridgehead atoms. The number of nitrogens with zero attached hydrogens (tertiary/aromatic N) is 1. The summed E-state index contributed by atoms with van der Waals surface area (Å²) in [5, 5.41) is 2.82. The average molecular weight is 338 g/mol. The van der Waals surface area contributed by atoms with Crippen molar-refractivity contribution >= 4 is 17.9 Å². The second kappa shape index (κ2) is 8.68. The van der Waals surface area contributed by atoms with E-state index in [1.807, 2.05) is 36.4 Å². The van der Waals surface area contributed by atoms with Gasteiger partial charge in [-0.1, -0.05) is 24.3 Å². The fourth-order valence-electron chi connectivity index (χ4n) is 2.16. The summed E-state index contributed by atoms with van der Waals surface area (Å²) in [4.78, 5) is 25.2. The SMILES string of the molecule is COc1ccc(CNC(=O)/C=C/c2ccc(C(=O)N(C)C)cc2)cc1. The van der Waals surface area contributed by atoms with Crippen molar-refractivity contribution in [3.05, 3.63) is 71.3 Å². The lowest BCUT2D eigenvalue weighted by Gasteiger charge is -2.09. The third-order valence-corrected chi connectivity index (χ3v) is 3.62. The fraction of sp³-hybridized carbons (Fsp3) is 0.200. The van der Waals surface area contributed by atoms with E-state index in [1.54, 1.807) is 39.4 Å². The van der Waals surface area contributed by atoms with Crippen LogP contribution in [0, 0.1) is 0 Å². The summed E-state index contributed by atoms with van der Waals surface area (Å²) < 4.78 is 5.10. The third kappa shape index (κ3) is 5.49. The van der Waals surface area contributed by atoms with Crippen LogP contribution < -0.4 is 10.1 Å². The number of carbonyl (C=O) groups is 2. The van der Waals surface area contributed by atoms with E-state index in [-0.39, 0.29) is 11.8 Å². The summed E-state index contributed by atoms with van der Waals surface area (Å²) in [6.45, 7) is 0.448. The van der Waals surface area contributed by atoms with Crippen LogP contribution in [-0.2, 0) is 11.3 Å². The van der Waals surface area contributed by atoms with Gasteiger partial charge in [-0.25, -0.2) is 0 Å². The standard InChI is InChI=1S/C20H22N2O3/c1-22(2)20(24)17-9-4-15(5-10-17)8-13-19(23)21-14-16-6-11-18(25-3)12-7-16/h4-13H,14H2,1-3H3,(H,21,23)/b13-8+. The molecule has 5 heteroatoms. The monoisotopic (exact) mass is 338 g/mol. The zero-order valence-electron chi connectivity index (χ0n) is 14.7. The first-order valence-electron chi connectivity index (χ1n) is 7.90. The largest absolute Gasteiger partial charge is 0.497 e. The molecule has 0 saturated heterocycles. The van der Waals surface area contributed by atoms with Gasteiger partial charge < -0.3 is 15.0 Å². The van der Waals surface area contributed by atoms with Crippen molar-refractivity contribution in [3.8, 4) is 5.75 Å². The molecule has 1 N–H and O–H groups in total. The van der Waals surface area contributed by atoms with Gasteiger partial charge in [-0.05, 0) is 41.5 Å². The fourth-order valence-corrected chi connectivity index (χ4v) is 2.16. The summed E-state index contributed by atoms with van der Waals surface area (Å²) in [5.74, 6) is 0.559.